The molecule has 1 amide bonds. The normalized spacial score (nSPS) is 10.9. The highest BCUT2D eigenvalue weighted by Gasteiger charge is 2.10. The summed E-state index contributed by atoms with van der Waals surface area (Å²) in [6, 6.07) is 7.09. The van der Waals surface area contributed by atoms with Crippen molar-refractivity contribution in [3.8, 4) is 11.5 Å². The van der Waals surface area contributed by atoms with Gasteiger partial charge in [0.2, 0.25) is 0 Å². The Kier molecular flexibility index (Phi) is 5.13. The van der Waals surface area contributed by atoms with Gasteiger partial charge in [-0.2, -0.15) is 5.10 Å². The molecule has 0 atom stereocenters. The summed E-state index contributed by atoms with van der Waals surface area (Å²) in [7, 11) is 0. The van der Waals surface area contributed by atoms with Gasteiger partial charge in [0.15, 0.2) is 11.5 Å². The van der Waals surface area contributed by atoms with E-state index in [1.807, 2.05) is 0 Å². The second-order valence-electron chi connectivity index (χ2n) is 4.19. The lowest BCUT2D eigenvalue weighted by Gasteiger charge is -2.04. The summed E-state index contributed by atoms with van der Waals surface area (Å²) in [5.41, 5.74) is 2.83. The van der Waals surface area contributed by atoms with Crippen molar-refractivity contribution in [2.75, 3.05) is 0 Å². The summed E-state index contributed by atoms with van der Waals surface area (Å²) < 4.78 is 0. The van der Waals surface area contributed by atoms with E-state index in [1.54, 1.807) is 6.07 Å². The second-order valence-corrected chi connectivity index (χ2v) is 5.44. The third kappa shape index (κ3) is 3.82. The summed E-state index contributed by atoms with van der Waals surface area (Å²) in [5, 5.41) is 23.0. The SMILES string of the molecule is O=C(N/N=C/c1cc(O)c(O)c(Cl)c1)c1cc(Cl)ccc1Cl. The number of halogens is 3. The largest absolute Gasteiger partial charge is 0.504 e. The van der Waals surface area contributed by atoms with E-state index in [0.29, 0.717) is 10.6 Å². The van der Waals surface area contributed by atoms with Crippen molar-refractivity contribution in [1.82, 2.24) is 5.43 Å². The van der Waals surface area contributed by atoms with Gasteiger partial charge in [-0.25, -0.2) is 5.43 Å². The predicted octanol–water partition coefficient (Wildman–Crippen LogP) is 3.82. The smallest absolute Gasteiger partial charge is 0.272 e. The fraction of sp³-hybridized carbons (Fsp3) is 0. The fourth-order valence-electron chi connectivity index (χ4n) is 1.58. The van der Waals surface area contributed by atoms with Gasteiger partial charge in [0, 0.05) is 5.02 Å². The highest BCUT2D eigenvalue weighted by Crippen LogP contribution is 2.33. The Morgan fingerprint density at radius 2 is 1.82 bits per heavy atom. The average Bonchev–Trinajstić information content (AvgIpc) is 2.47. The molecule has 2 aromatic rings. The first-order valence-corrected chi connectivity index (χ1v) is 7.02. The lowest BCUT2D eigenvalue weighted by molar-refractivity contribution is 0.0955. The molecule has 0 heterocycles. The van der Waals surface area contributed by atoms with Crippen LogP contribution in [0.4, 0.5) is 0 Å². The number of hydrogen-bond donors (Lipinski definition) is 3. The third-order valence-corrected chi connectivity index (χ3v) is 3.47. The van der Waals surface area contributed by atoms with Crippen molar-refractivity contribution in [3.63, 3.8) is 0 Å². The molecular weight excluding hydrogens is 351 g/mol. The van der Waals surface area contributed by atoms with E-state index in [2.05, 4.69) is 10.5 Å². The Labute approximate surface area is 140 Å². The van der Waals surface area contributed by atoms with Crippen LogP contribution in [0.25, 0.3) is 0 Å². The van der Waals surface area contributed by atoms with E-state index in [1.165, 1.54) is 30.5 Å². The Morgan fingerprint density at radius 3 is 2.50 bits per heavy atom. The van der Waals surface area contributed by atoms with Crippen molar-refractivity contribution in [3.05, 3.63) is 56.5 Å². The maximum Gasteiger partial charge on any atom is 0.272 e. The lowest BCUT2D eigenvalue weighted by Crippen LogP contribution is -2.18. The average molecular weight is 360 g/mol. The zero-order chi connectivity index (χ0) is 16.3. The van der Waals surface area contributed by atoms with Gasteiger partial charge < -0.3 is 10.2 Å². The fourth-order valence-corrected chi connectivity index (χ4v) is 2.17. The van der Waals surface area contributed by atoms with Crippen molar-refractivity contribution >= 4 is 46.9 Å². The quantitative estimate of drug-likeness (QED) is 0.442. The molecule has 114 valence electrons. The number of phenols is 2. The number of phenolic OH excluding ortho intramolecular Hbond substituents is 2. The molecule has 0 saturated carbocycles. The van der Waals surface area contributed by atoms with Crippen molar-refractivity contribution in [1.29, 1.82) is 0 Å². The summed E-state index contributed by atoms with van der Waals surface area (Å²) in [6.07, 6.45) is 1.25. The number of nitrogens with zero attached hydrogens (tertiary/aromatic N) is 1. The van der Waals surface area contributed by atoms with Gasteiger partial charge in [0.25, 0.3) is 5.91 Å². The summed E-state index contributed by atoms with van der Waals surface area (Å²) >= 11 is 17.4. The number of benzene rings is 2. The van der Waals surface area contributed by atoms with E-state index in [4.69, 9.17) is 34.8 Å². The van der Waals surface area contributed by atoms with Crippen molar-refractivity contribution < 1.29 is 15.0 Å². The minimum absolute atomic E-state index is 0.0364. The first-order chi connectivity index (χ1) is 10.4. The number of hydrazone groups is 1. The first kappa shape index (κ1) is 16.4. The molecule has 0 aromatic heterocycles. The van der Waals surface area contributed by atoms with Crippen LogP contribution in [0, 0.1) is 0 Å². The van der Waals surface area contributed by atoms with Crippen LogP contribution in [0.3, 0.4) is 0 Å². The van der Waals surface area contributed by atoms with Gasteiger partial charge in [-0.1, -0.05) is 34.8 Å². The molecule has 0 fully saturated rings. The highest BCUT2D eigenvalue weighted by atomic mass is 35.5. The molecule has 0 aliphatic heterocycles. The molecule has 0 radical (unpaired) electrons. The predicted molar refractivity (Wildman–Crippen MR) is 86.3 cm³/mol. The number of carbonyl (C=O) groups is 1. The van der Waals surface area contributed by atoms with Crippen LogP contribution in [-0.4, -0.2) is 22.3 Å². The van der Waals surface area contributed by atoms with Crippen LogP contribution in [0.5, 0.6) is 11.5 Å². The van der Waals surface area contributed by atoms with Gasteiger partial charge in [-0.05, 0) is 35.9 Å². The van der Waals surface area contributed by atoms with E-state index >= 15 is 0 Å². The number of hydrogen-bond acceptors (Lipinski definition) is 4. The maximum atomic E-state index is 11.9. The monoisotopic (exact) mass is 358 g/mol. The molecule has 3 N–H and O–H groups in total. The molecule has 22 heavy (non-hydrogen) atoms. The number of carbonyl (C=O) groups excluding carboxylic acids is 1. The molecule has 0 unspecified atom stereocenters. The standard InChI is InChI=1S/C14H9Cl3N2O3/c15-8-1-2-10(16)9(5-8)14(22)19-18-6-7-3-11(17)13(21)12(20)4-7/h1-6,20-21H,(H,19,22)/b18-6+. The number of amides is 1. The van der Waals surface area contributed by atoms with Gasteiger partial charge in [-0.3, -0.25) is 4.79 Å². The van der Waals surface area contributed by atoms with Gasteiger partial charge in [0.05, 0.1) is 21.8 Å². The van der Waals surface area contributed by atoms with Gasteiger partial charge >= 0.3 is 0 Å². The zero-order valence-corrected chi connectivity index (χ0v) is 13.1. The zero-order valence-electron chi connectivity index (χ0n) is 10.8. The maximum absolute atomic E-state index is 11.9. The summed E-state index contributed by atoms with van der Waals surface area (Å²) in [5.74, 6) is -1.36. The van der Waals surface area contributed by atoms with E-state index < -0.39 is 17.4 Å². The highest BCUT2D eigenvalue weighted by molar-refractivity contribution is 6.35. The van der Waals surface area contributed by atoms with Crippen LogP contribution in [0.15, 0.2) is 35.4 Å². The molecular formula is C14H9Cl3N2O3. The van der Waals surface area contributed by atoms with Crippen LogP contribution in [-0.2, 0) is 0 Å². The van der Waals surface area contributed by atoms with Crippen LogP contribution in [0.2, 0.25) is 15.1 Å². The number of rotatable bonds is 3. The number of aromatic hydroxyl groups is 2. The molecule has 0 aliphatic rings. The number of nitrogens with one attached hydrogen (secondary N) is 1. The minimum Gasteiger partial charge on any atom is -0.504 e. The van der Waals surface area contributed by atoms with E-state index in [-0.39, 0.29) is 15.6 Å². The molecule has 5 nitrogen and oxygen atoms in total. The van der Waals surface area contributed by atoms with Crippen LogP contribution in [0.1, 0.15) is 15.9 Å². The lowest BCUT2D eigenvalue weighted by atomic mass is 10.2. The molecule has 2 aromatic carbocycles. The first-order valence-electron chi connectivity index (χ1n) is 5.88. The van der Waals surface area contributed by atoms with Crippen LogP contribution >= 0.6 is 34.8 Å². The molecule has 0 spiro atoms. The van der Waals surface area contributed by atoms with Crippen molar-refractivity contribution in [2.24, 2.45) is 5.10 Å². The molecule has 0 bridgehead atoms. The van der Waals surface area contributed by atoms with Gasteiger partial charge in [0.1, 0.15) is 0 Å². The van der Waals surface area contributed by atoms with E-state index in [9.17, 15) is 15.0 Å². The van der Waals surface area contributed by atoms with Gasteiger partial charge in [-0.15, -0.1) is 0 Å². The minimum atomic E-state index is -0.544. The Balaban J connectivity index is 2.12. The summed E-state index contributed by atoms with van der Waals surface area (Å²) in [6.45, 7) is 0. The second kappa shape index (κ2) is 6.87. The molecule has 8 heteroatoms. The topological polar surface area (TPSA) is 81.9 Å². The Bertz CT molecular complexity index is 740. The molecule has 0 aliphatic carbocycles. The van der Waals surface area contributed by atoms with Crippen molar-refractivity contribution in [2.45, 2.75) is 0 Å². The molecule has 2 rings (SSSR count). The Morgan fingerprint density at radius 1 is 1.09 bits per heavy atom. The Hall–Kier alpha value is -1.95. The third-order valence-electron chi connectivity index (χ3n) is 2.62. The van der Waals surface area contributed by atoms with Crippen LogP contribution < -0.4 is 5.43 Å². The van der Waals surface area contributed by atoms with E-state index in [0.717, 1.165) is 0 Å². The molecule has 0 saturated heterocycles. The summed E-state index contributed by atoms with van der Waals surface area (Å²) in [4.78, 5) is 11.9.